The summed E-state index contributed by atoms with van der Waals surface area (Å²) in [7, 11) is 0. The van der Waals surface area contributed by atoms with Crippen LogP contribution in [0, 0.1) is 5.92 Å². The van der Waals surface area contributed by atoms with Crippen LogP contribution in [0.3, 0.4) is 0 Å². The predicted molar refractivity (Wildman–Crippen MR) is 107 cm³/mol. The van der Waals surface area contributed by atoms with Crippen LogP contribution in [0.2, 0.25) is 0 Å². The highest BCUT2D eigenvalue weighted by atomic mass is 15.2. The first-order valence-electron chi connectivity index (χ1n) is 9.31. The summed E-state index contributed by atoms with van der Waals surface area (Å²) in [5.41, 5.74) is 13.2. The van der Waals surface area contributed by atoms with E-state index in [-0.39, 0.29) is 0 Å². The Morgan fingerprint density at radius 3 is 2.40 bits per heavy atom. The second-order valence-electron chi connectivity index (χ2n) is 7.34. The van der Waals surface area contributed by atoms with E-state index in [0.29, 0.717) is 5.92 Å². The topological polar surface area (TPSA) is 32.5 Å². The zero-order valence-corrected chi connectivity index (χ0v) is 15.0. The molecule has 2 heterocycles. The summed E-state index contributed by atoms with van der Waals surface area (Å²) in [6.07, 6.45) is 11.5. The molecule has 3 nitrogen and oxygen atoms in total. The Morgan fingerprint density at radius 1 is 1.08 bits per heavy atom. The van der Waals surface area contributed by atoms with Crippen LogP contribution in [0.4, 0.5) is 11.4 Å². The van der Waals surface area contributed by atoms with Crippen molar-refractivity contribution in [1.82, 2.24) is 4.90 Å². The first-order chi connectivity index (χ1) is 12.1. The van der Waals surface area contributed by atoms with E-state index in [2.05, 4.69) is 65.8 Å². The van der Waals surface area contributed by atoms with E-state index in [1.54, 1.807) is 0 Å². The lowest BCUT2D eigenvalue weighted by molar-refractivity contribution is 0.246. The standard InChI is InChI=1S/C22H27N3/c1-16-13-20(24-9-3-10-24)7-5-18(17(16)2)14-19-6-8-21(15-22(19)23)25-11-4-12-25/h5-8,13-15,17H,1,3-4,9-12,23H2,2H3/b18-14-/t17-/m1/s1. The number of nitrogens with zero attached hydrogens (tertiary/aromatic N) is 2. The first-order valence-corrected chi connectivity index (χ1v) is 9.31. The van der Waals surface area contributed by atoms with E-state index in [0.717, 1.165) is 43.0 Å². The van der Waals surface area contributed by atoms with Gasteiger partial charge in [-0.15, -0.1) is 0 Å². The van der Waals surface area contributed by atoms with Crippen LogP contribution in [0.25, 0.3) is 6.08 Å². The Hall–Kier alpha value is -2.42. The molecule has 0 unspecified atom stereocenters. The van der Waals surface area contributed by atoms with Crippen molar-refractivity contribution in [2.45, 2.75) is 19.8 Å². The molecule has 0 spiro atoms. The van der Waals surface area contributed by atoms with E-state index in [4.69, 9.17) is 5.73 Å². The largest absolute Gasteiger partial charge is 0.398 e. The highest BCUT2D eigenvalue weighted by Gasteiger charge is 2.20. The van der Waals surface area contributed by atoms with Gasteiger partial charge in [0, 0.05) is 49.2 Å². The fourth-order valence-electron chi connectivity index (χ4n) is 3.49. The van der Waals surface area contributed by atoms with Gasteiger partial charge in [-0.05, 0) is 59.9 Å². The molecule has 2 saturated heterocycles. The van der Waals surface area contributed by atoms with Gasteiger partial charge < -0.3 is 15.5 Å². The normalized spacial score (nSPS) is 24.7. The highest BCUT2D eigenvalue weighted by Crippen LogP contribution is 2.32. The van der Waals surface area contributed by atoms with Crippen LogP contribution in [0.15, 0.2) is 59.8 Å². The molecular weight excluding hydrogens is 306 g/mol. The molecule has 2 N–H and O–H groups in total. The van der Waals surface area contributed by atoms with Crippen molar-refractivity contribution in [1.29, 1.82) is 0 Å². The Balaban J connectivity index is 1.60. The summed E-state index contributed by atoms with van der Waals surface area (Å²) in [6, 6.07) is 6.44. The van der Waals surface area contributed by atoms with Gasteiger partial charge in [-0.1, -0.05) is 25.6 Å². The third-order valence-electron chi connectivity index (χ3n) is 5.67. The monoisotopic (exact) mass is 333 g/mol. The van der Waals surface area contributed by atoms with E-state index >= 15 is 0 Å². The molecule has 3 aliphatic rings. The minimum Gasteiger partial charge on any atom is -0.398 e. The van der Waals surface area contributed by atoms with Crippen LogP contribution in [-0.2, 0) is 0 Å². The molecule has 1 aliphatic carbocycles. The number of likely N-dealkylation sites (tertiary alicyclic amines) is 1. The van der Waals surface area contributed by atoms with Gasteiger partial charge in [0.05, 0.1) is 0 Å². The second-order valence-corrected chi connectivity index (χ2v) is 7.34. The van der Waals surface area contributed by atoms with Crippen molar-refractivity contribution in [3.05, 3.63) is 65.4 Å². The molecule has 3 heteroatoms. The Kier molecular flexibility index (Phi) is 4.16. The lowest BCUT2D eigenvalue weighted by Crippen LogP contribution is -2.36. The van der Waals surface area contributed by atoms with E-state index in [1.807, 2.05) is 0 Å². The first kappa shape index (κ1) is 16.1. The van der Waals surface area contributed by atoms with Gasteiger partial charge >= 0.3 is 0 Å². The molecule has 130 valence electrons. The molecule has 1 atom stereocenters. The molecule has 0 bridgehead atoms. The molecule has 1 aromatic carbocycles. The van der Waals surface area contributed by atoms with Crippen LogP contribution in [0.1, 0.15) is 25.3 Å². The minimum absolute atomic E-state index is 0.296. The molecular formula is C22H27N3. The highest BCUT2D eigenvalue weighted by molar-refractivity contribution is 5.73. The Morgan fingerprint density at radius 2 is 1.80 bits per heavy atom. The average molecular weight is 333 g/mol. The van der Waals surface area contributed by atoms with Crippen LogP contribution in [-0.4, -0.2) is 31.1 Å². The smallest absolute Gasteiger partial charge is 0.0408 e. The quantitative estimate of drug-likeness (QED) is 0.841. The molecule has 0 radical (unpaired) electrons. The fraction of sp³-hybridized carbons (Fsp3) is 0.364. The van der Waals surface area contributed by atoms with Crippen molar-refractivity contribution in [3.8, 4) is 0 Å². The summed E-state index contributed by atoms with van der Waals surface area (Å²) in [5, 5.41) is 0. The fourth-order valence-corrected chi connectivity index (χ4v) is 3.49. The number of nitrogen functional groups attached to an aromatic ring is 1. The number of benzene rings is 1. The SMILES string of the molecule is C=C1C=C(N2CCC2)C=C/C(=C/c2ccc(N3CCC3)cc2N)[C@@H]1C. The van der Waals surface area contributed by atoms with Crippen molar-refractivity contribution in [2.75, 3.05) is 36.8 Å². The van der Waals surface area contributed by atoms with Crippen molar-refractivity contribution in [3.63, 3.8) is 0 Å². The molecule has 2 fully saturated rings. The summed E-state index contributed by atoms with van der Waals surface area (Å²) < 4.78 is 0. The maximum absolute atomic E-state index is 6.34. The zero-order valence-electron chi connectivity index (χ0n) is 15.0. The summed E-state index contributed by atoms with van der Waals surface area (Å²) in [4.78, 5) is 4.78. The third kappa shape index (κ3) is 3.11. The van der Waals surface area contributed by atoms with E-state index in [9.17, 15) is 0 Å². The lowest BCUT2D eigenvalue weighted by atomic mass is 9.92. The van der Waals surface area contributed by atoms with Crippen molar-refractivity contribution in [2.24, 2.45) is 5.92 Å². The number of hydrogen-bond donors (Lipinski definition) is 1. The molecule has 25 heavy (non-hydrogen) atoms. The van der Waals surface area contributed by atoms with Crippen molar-refractivity contribution < 1.29 is 0 Å². The van der Waals surface area contributed by atoms with Crippen LogP contribution >= 0.6 is 0 Å². The summed E-state index contributed by atoms with van der Waals surface area (Å²) in [5.74, 6) is 0.296. The molecule has 0 aromatic heterocycles. The Labute approximate surface area is 150 Å². The summed E-state index contributed by atoms with van der Waals surface area (Å²) >= 11 is 0. The maximum atomic E-state index is 6.34. The van der Waals surface area contributed by atoms with Gasteiger partial charge in [0.2, 0.25) is 0 Å². The van der Waals surface area contributed by atoms with Crippen LogP contribution < -0.4 is 10.6 Å². The third-order valence-corrected chi connectivity index (χ3v) is 5.67. The average Bonchev–Trinajstić information content (AvgIpc) is 2.60. The van der Waals surface area contributed by atoms with Crippen molar-refractivity contribution >= 4 is 17.5 Å². The van der Waals surface area contributed by atoms with Gasteiger partial charge in [-0.2, -0.15) is 0 Å². The maximum Gasteiger partial charge on any atom is 0.0408 e. The van der Waals surface area contributed by atoms with E-state index < -0.39 is 0 Å². The van der Waals surface area contributed by atoms with Gasteiger partial charge in [0.15, 0.2) is 0 Å². The minimum atomic E-state index is 0.296. The predicted octanol–water partition coefficient (Wildman–Crippen LogP) is 4.21. The number of hydrogen-bond acceptors (Lipinski definition) is 3. The van der Waals surface area contributed by atoms with Gasteiger partial charge in [0.25, 0.3) is 0 Å². The van der Waals surface area contributed by atoms with Crippen LogP contribution in [0.5, 0.6) is 0 Å². The molecule has 4 rings (SSSR count). The summed E-state index contributed by atoms with van der Waals surface area (Å²) in [6.45, 7) is 11.1. The van der Waals surface area contributed by atoms with Gasteiger partial charge in [-0.3, -0.25) is 0 Å². The van der Waals surface area contributed by atoms with E-state index in [1.165, 1.54) is 29.8 Å². The molecule has 2 aliphatic heterocycles. The number of anilines is 2. The zero-order chi connectivity index (χ0) is 17.4. The Bertz CT molecular complexity index is 776. The lowest BCUT2D eigenvalue weighted by Gasteiger charge is -2.34. The van der Waals surface area contributed by atoms with Gasteiger partial charge in [-0.25, -0.2) is 0 Å². The number of nitrogens with two attached hydrogens (primary N) is 1. The second kappa shape index (κ2) is 6.47. The molecule has 0 amide bonds. The number of allylic oxidation sites excluding steroid dienone is 5. The molecule has 0 saturated carbocycles. The molecule has 1 aromatic rings. The number of rotatable bonds is 3. The van der Waals surface area contributed by atoms with Gasteiger partial charge in [0.1, 0.15) is 0 Å².